The van der Waals surface area contributed by atoms with Crippen molar-refractivity contribution < 1.29 is 19.1 Å². The third-order valence-corrected chi connectivity index (χ3v) is 7.47. The van der Waals surface area contributed by atoms with E-state index in [1.165, 1.54) is 6.42 Å². The van der Waals surface area contributed by atoms with Crippen LogP contribution < -0.4 is 10.6 Å². The van der Waals surface area contributed by atoms with Gasteiger partial charge in [0, 0.05) is 19.0 Å². The molecule has 2 aromatic carbocycles. The molecule has 0 aliphatic heterocycles. The maximum atomic E-state index is 14.4. The molecule has 7 nitrogen and oxygen atoms in total. The highest BCUT2D eigenvalue weighted by Crippen LogP contribution is 2.29. The van der Waals surface area contributed by atoms with Crippen molar-refractivity contribution in [3.8, 4) is 0 Å². The third-order valence-electron chi connectivity index (χ3n) is 7.47. The molecule has 7 heteroatoms. The van der Waals surface area contributed by atoms with Crippen LogP contribution in [-0.4, -0.2) is 47.0 Å². The molecule has 2 atom stereocenters. The Labute approximate surface area is 240 Å². The largest absolute Gasteiger partial charge is 0.444 e. The summed E-state index contributed by atoms with van der Waals surface area (Å²) in [6.07, 6.45) is 5.55. The van der Waals surface area contributed by atoms with Crippen molar-refractivity contribution in [1.29, 1.82) is 0 Å². The van der Waals surface area contributed by atoms with Gasteiger partial charge < -0.3 is 20.3 Å². The van der Waals surface area contributed by atoms with Crippen molar-refractivity contribution in [3.05, 3.63) is 70.8 Å². The summed E-state index contributed by atoms with van der Waals surface area (Å²) in [5.41, 5.74) is 3.05. The SMILES string of the molecule is CCCN(C(=O)C(Cc1ccccc1)NC(=O)OC(C)(C)C)C(C(=O)NC1CCCCC1)c1cccc(C)c1C. The Kier molecular flexibility index (Phi) is 11.2. The van der Waals surface area contributed by atoms with E-state index in [4.69, 9.17) is 4.74 Å². The molecule has 0 radical (unpaired) electrons. The van der Waals surface area contributed by atoms with E-state index in [1.807, 2.05) is 69.3 Å². The van der Waals surface area contributed by atoms with Gasteiger partial charge in [0.25, 0.3) is 0 Å². The second-order valence-corrected chi connectivity index (χ2v) is 12.0. The van der Waals surface area contributed by atoms with Crippen molar-refractivity contribution in [2.75, 3.05) is 6.54 Å². The van der Waals surface area contributed by atoms with E-state index in [-0.39, 0.29) is 24.3 Å². The Morgan fingerprint density at radius 3 is 2.27 bits per heavy atom. The number of ether oxygens (including phenoxy) is 1. The number of hydrogen-bond donors (Lipinski definition) is 2. The molecule has 3 amide bonds. The van der Waals surface area contributed by atoms with Gasteiger partial charge in [0.15, 0.2) is 0 Å². The van der Waals surface area contributed by atoms with Gasteiger partial charge in [0.2, 0.25) is 11.8 Å². The van der Waals surface area contributed by atoms with Crippen molar-refractivity contribution in [2.45, 2.75) is 110 Å². The lowest BCUT2D eigenvalue weighted by molar-refractivity contribution is -0.143. The second-order valence-electron chi connectivity index (χ2n) is 12.0. The normalized spacial score (nSPS) is 15.6. The van der Waals surface area contributed by atoms with Gasteiger partial charge >= 0.3 is 6.09 Å². The van der Waals surface area contributed by atoms with E-state index in [2.05, 4.69) is 10.6 Å². The molecule has 0 saturated heterocycles. The minimum absolute atomic E-state index is 0.104. The van der Waals surface area contributed by atoms with Gasteiger partial charge in [-0.3, -0.25) is 9.59 Å². The minimum Gasteiger partial charge on any atom is -0.444 e. The molecule has 1 aliphatic carbocycles. The van der Waals surface area contributed by atoms with E-state index < -0.39 is 23.8 Å². The number of carbonyl (C=O) groups excluding carboxylic acids is 3. The number of rotatable bonds is 10. The zero-order valence-electron chi connectivity index (χ0n) is 25.1. The van der Waals surface area contributed by atoms with Crippen LogP contribution in [0, 0.1) is 13.8 Å². The smallest absolute Gasteiger partial charge is 0.408 e. The number of alkyl carbamates (subject to hydrolysis) is 1. The molecule has 0 aromatic heterocycles. The number of carbonyl (C=O) groups is 3. The molecule has 3 rings (SSSR count). The van der Waals surface area contributed by atoms with Gasteiger partial charge in [0.1, 0.15) is 17.7 Å². The van der Waals surface area contributed by atoms with Crippen molar-refractivity contribution in [1.82, 2.24) is 15.5 Å². The average Bonchev–Trinajstić information content (AvgIpc) is 2.90. The molecular weight excluding hydrogens is 502 g/mol. The first kappa shape index (κ1) is 31.2. The van der Waals surface area contributed by atoms with Crippen molar-refractivity contribution in [3.63, 3.8) is 0 Å². The summed E-state index contributed by atoms with van der Waals surface area (Å²) in [5.74, 6) is -0.473. The first-order valence-corrected chi connectivity index (χ1v) is 14.7. The monoisotopic (exact) mass is 549 g/mol. The summed E-state index contributed by atoms with van der Waals surface area (Å²) in [6.45, 7) is 11.7. The Morgan fingerprint density at radius 2 is 1.65 bits per heavy atom. The van der Waals surface area contributed by atoms with Gasteiger partial charge in [-0.25, -0.2) is 4.79 Å². The fourth-order valence-corrected chi connectivity index (χ4v) is 5.36. The molecule has 1 fully saturated rings. The topological polar surface area (TPSA) is 87.7 Å². The van der Waals surface area contributed by atoms with Crippen LogP contribution in [0.1, 0.15) is 94.5 Å². The number of nitrogens with one attached hydrogen (secondary N) is 2. The van der Waals surface area contributed by atoms with Crippen LogP contribution in [-0.2, 0) is 20.7 Å². The van der Waals surface area contributed by atoms with Gasteiger partial charge in [0.05, 0.1) is 0 Å². The first-order chi connectivity index (χ1) is 19.0. The molecule has 0 heterocycles. The minimum atomic E-state index is -0.904. The first-order valence-electron chi connectivity index (χ1n) is 14.7. The second kappa shape index (κ2) is 14.3. The van der Waals surface area contributed by atoms with Gasteiger partial charge in [-0.15, -0.1) is 0 Å². The van der Waals surface area contributed by atoms with Crippen LogP contribution in [0.4, 0.5) is 4.79 Å². The maximum Gasteiger partial charge on any atom is 0.408 e. The van der Waals surface area contributed by atoms with Crippen LogP contribution in [0.25, 0.3) is 0 Å². The highest BCUT2D eigenvalue weighted by molar-refractivity contribution is 5.92. The number of nitrogens with zero attached hydrogens (tertiary/aromatic N) is 1. The molecule has 1 saturated carbocycles. The van der Waals surface area contributed by atoms with Crippen LogP contribution >= 0.6 is 0 Å². The molecule has 0 bridgehead atoms. The highest BCUT2D eigenvalue weighted by atomic mass is 16.6. The summed E-state index contributed by atoms with van der Waals surface area (Å²) < 4.78 is 5.52. The van der Waals surface area contributed by atoms with E-state index in [1.54, 1.807) is 25.7 Å². The molecule has 2 aromatic rings. The van der Waals surface area contributed by atoms with Crippen molar-refractivity contribution >= 4 is 17.9 Å². The third kappa shape index (κ3) is 8.83. The molecule has 2 N–H and O–H groups in total. The fourth-order valence-electron chi connectivity index (χ4n) is 5.36. The molecule has 0 spiro atoms. The predicted molar refractivity (Wildman–Crippen MR) is 159 cm³/mol. The van der Waals surface area contributed by atoms with E-state index in [9.17, 15) is 14.4 Å². The lowest BCUT2D eigenvalue weighted by atomic mass is 9.92. The van der Waals surface area contributed by atoms with Gasteiger partial charge in [-0.1, -0.05) is 74.7 Å². The number of benzene rings is 2. The average molecular weight is 550 g/mol. The van der Waals surface area contributed by atoms with Gasteiger partial charge in [-0.05, 0) is 76.1 Å². The molecule has 1 aliphatic rings. The standard InChI is InChI=1S/C33H47N3O4/c1-7-21-36(31(38)28(22-25-16-10-8-11-17-25)35-32(39)40-33(4,5)6)29(27-20-14-15-23(2)24(27)3)30(37)34-26-18-12-9-13-19-26/h8,10-11,14-17,20,26,28-29H,7,9,12-13,18-19,21-22H2,1-6H3,(H,34,37)(H,35,39). The van der Waals surface area contributed by atoms with Crippen LogP contribution in [0.15, 0.2) is 48.5 Å². The number of hydrogen-bond acceptors (Lipinski definition) is 4. The molecule has 2 unspecified atom stereocenters. The van der Waals surface area contributed by atoms with Crippen LogP contribution in [0.5, 0.6) is 0 Å². The van der Waals surface area contributed by atoms with E-state index >= 15 is 0 Å². The van der Waals surface area contributed by atoms with E-state index in [0.717, 1.165) is 47.9 Å². The van der Waals surface area contributed by atoms with Crippen molar-refractivity contribution in [2.24, 2.45) is 0 Å². The fraction of sp³-hybridized carbons (Fsp3) is 0.545. The molecule has 40 heavy (non-hydrogen) atoms. The zero-order chi connectivity index (χ0) is 29.3. The molecular formula is C33H47N3O4. The predicted octanol–water partition coefficient (Wildman–Crippen LogP) is 6.17. The van der Waals surface area contributed by atoms with Crippen LogP contribution in [0.3, 0.4) is 0 Å². The highest BCUT2D eigenvalue weighted by Gasteiger charge is 2.37. The summed E-state index contributed by atoms with van der Waals surface area (Å²) in [4.78, 5) is 43.0. The maximum absolute atomic E-state index is 14.4. The van der Waals surface area contributed by atoms with Gasteiger partial charge in [-0.2, -0.15) is 0 Å². The quantitative estimate of drug-likeness (QED) is 0.371. The number of aryl methyl sites for hydroxylation is 1. The lowest BCUT2D eigenvalue weighted by Crippen LogP contribution is -2.54. The van der Waals surface area contributed by atoms with E-state index in [0.29, 0.717) is 13.0 Å². The summed E-state index contributed by atoms with van der Waals surface area (Å²) in [7, 11) is 0. The molecule has 218 valence electrons. The summed E-state index contributed by atoms with van der Waals surface area (Å²) in [5, 5.41) is 6.10. The Morgan fingerprint density at radius 1 is 0.975 bits per heavy atom. The number of amides is 3. The summed E-state index contributed by atoms with van der Waals surface area (Å²) >= 11 is 0. The lowest BCUT2D eigenvalue weighted by Gasteiger charge is -2.36. The Bertz CT molecular complexity index is 1140. The Balaban J connectivity index is 2.02. The Hall–Kier alpha value is -3.35. The summed E-state index contributed by atoms with van der Waals surface area (Å²) in [6, 6.07) is 13.9. The zero-order valence-corrected chi connectivity index (χ0v) is 25.1. The van der Waals surface area contributed by atoms with Crippen LogP contribution in [0.2, 0.25) is 0 Å².